The molecule has 0 aliphatic heterocycles. The fraction of sp³-hybridized carbons (Fsp3) is 1.00. The van der Waals surface area contributed by atoms with Crippen molar-refractivity contribution >= 4 is 21.8 Å². The van der Waals surface area contributed by atoms with E-state index in [-0.39, 0.29) is 5.25 Å². The lowest BCUT2D eigenvalue weighted by molar-refractivity contribution is 0.592. The van der Waals surface area contributed by atoms with E-state index in [2.05, 4.69) is 0 Å². The van der Waals surface area contributed by atoms with Crippen LogP contribution in [0, 0.1) is 0 Å². The van der Waals surface area contributed by atoms with Gasteiger partial charge >= 0.3 is 0 Å². The summed E-state index contributed by atoms with van der Waals surface area (Å²) in [4.78, 5) is 0. The van der Waals surface area contributed by atoms with Crippen LogP contribution >= 0.6 is 11.8 Å². The van der Waals surface area contributed by atoms with Crippen molar-refractivity contribution in [3.8, 4) is 0 Å². The zero-order chi connectivity index (χ0) is 6.20. The number of rotatable bonds is 2. The van der Waals surface area contributed by atoms with Crippen LogP contribution in [0.4, 0.5) is 0 Å². The molecule has 0 bridgehead atoms. The quantitative estimate of drug-likeness (QED) is 0.580. The van der Waals surface area contributed by atoms with E-state index in [1.807, 2.05) is 0 Å². The van der Waals surface area contributed by atoms with Crippen LogP contribution in [0.2, 0.25) is 0 Å². The van der Waals surface area contributed by atoms with Crippen LogP contribution in [0.25, 0.3) is 0 Å². The minimum Gasteiger partial charge on any atom is -0.211 e. The Morgan fingerprint density at radius 2 is 2.00 bits per heavy atom. The average Bonchev–Trinajstić information content (AvgIpc) is 2.44. The van der Waals surface area contributed by atoms with E-state index < -0.39 is 10.0 Å². The van der Waals surface area contributed by atoms with Gasteiger partial charge in [-0.2, -0.15) is 0 Å². The first kappa shape index (κ1) is 6.32. The molecule has 0 saturated heterocycles. The molecule has 1 saturated carbocycles. The van der Waals surface area contributed by atoms with Crippen molar-refractivity contribution in [3.05, 3.63) is 0 Å². The van der Waals surface area contributed by atoms with Crippen molar-refractivity contribution in [3.63, 3.8) is 0 Å². The molecular formula is C3H6ClNO2S. The molecule has 1 fully saturated rings. The van der Waals surface area contributed by atoms with Crippen molar-refractivity contribution in [1.82, 2.24) is 4.24 Å². The van der Waals surface area contributed by atoms with E-state index in [1.54, 1.807) is 4.24 Å². The maximum atomic E-state index is 10.5. The van der Waals surface area contributed by atoms with E-state index in [4.69, 9.17) is 11.8 Å². The van der Waals surface area contributed by atoms with Crippen molar-refractivity contribution in [1.29, 1.82) is 0 Å². The van der Waals surface area contributed by atoms with Gasteiger partial charge in [0.15, 0.2) is 0 Å². The monoisotopic (exact) mass is 155 g/mol. The van der Waals surface area contributed by atoms with Crippen LogP contribution in [0.5, 0.6) is 0 Å². The first-order valence-corrected chi connectivity index (χ1v) is 4.20. The van der Waals surface area contributed by atoms with E-state index in [9.17, 15) is 8.42 Å². The smallest absolute Gasteiger partial charge is 0.211 e. The lowest BCUT2D eigenvalue weighted by Crippen LogP contribution is -2.17. The molecule has 3 nitrogen and oxygen atoms in total. The summed E-state index contributed by atoms with van der Waals surface area (Å²) in [6, 6.07) is 0. The van der Waals surface area contributed by atoms with Crippen molar-refractivity contribution in [2.75, 3.05) is 0 Å². The molecule has 0 atom stereocenters. The molecule has 1 aliphatic carbocycles. The topological polar surface area (TPSA) is 46.2 Å². The number of nitrogens with one attached hydrogen (secondary N) is 1. The first-order valence-electron chi connectivity index (χ1n) is 2.28. The lowest BCUT2D eigenvalue weighted by atomic mass is 11.0. The van der Waals surface area contributed by atoms with Gasteiger partial charge in [0.1, 0.15) is 0 Å². The number of halogens is 1. The van der Waals surface area contributed by atoms with Crippen molar-refractivity contribution < 1.29 is 8.42 Å². The summed E-state index contributed by atoms with van der Waals surface area (Å²) in [7, 11) is -3.11. The highest BCUT2D eigenvalue weighted by Gasteiger charge is 2.34. The highest BCUT2D eigenvalue weighted by atomic mass is 35.5. The molecule has 0 aromatic heterocycles. The van der Waals surface area contributed by atoms with Gasteiger partial charge in [-0.3, -0.25) is 0 Å². The Labute approximate surface area is 53.2 Å². The highest BCUT2D eigenvalue weighted by Crippen LogP contribution is 2.27. The molecule has 5 heteroatoms. The van der Waals surface area contributed by atoms with Gasteiger partial charge in [-0.05, 0) is 24.6 Å². The van der Waals surface area contributed by atoms with Gasteiger partial charge in [0.05, 0.1) is 5.25 Å². The molecule has 8 heavy (non-hydrogen) atoms. The Morgan fingerprint density at radius 3 is 2.12 bits per heavy atom. The third kappa shape index (κ3) is 1.13. The van der Waals surface area contributed by atoms with Crippen LogP contribution in [-0.4, -0.2) is 13.7 Å². The van der Waals surface area contributed by atoms with Crippen molar-refractivity contribution in [2.24, 2.45) is 0 Å². The van der Waals surface area contributed by atoms with Crippen LogP contribution in [0.1, 0.15) is 12.8 Å². The van der Waals surface area contributed by atoms with Gasteiger partial charge in [0.25, 0.3) is 0 Å². The second-order valence-electron chi connectivity index (χ2n) is 1.82. The van der Waals surface area contributed by atoms with E-state index in [0.717, 1.165) is 12.8 Å². The Balaban J connectivity index is 2.65. The maximum absolute atomic E-state index is 10.5. The van der Waals surface area contributed by atoms with Gasteiger partial charge < -0.3 is 0 Å². The van der Waals surface area contributed by atoms with Crippen LogP contribution < -0.4 is 4.24 Å². The molecule has 1 aliphatic rings. The van der Waals surface area contributed by atoms with E-state index >= 15 is 0 Å². The molecule has 48 valence electrons. The molecule has 0 aromatic rings. The van der Waals surface area contributed by atoms with Crippen LogP contribution in [0.15, 0.2) is 0 Å². The minimum absolute atomic E-state index is 0.208. The first-order chi connectivity index (χ1) is 3.67. The highest BCUT2D eigenvalue weighted by molar-refractivity contribution is 7.91. The Morgan fingerprint density at radius 1 is 1.50 bits per heavy atom. The van der Waals surface area contributed by atoms with Gasteiger partial charge in [-0.25, -0.2) is 8.42 Å². The van der Waals surface area contributed by atoms with Gasteiger partial charge in [0.2, 0.25) is 10.0 Å². The molecule has 0 heterocycles. The van der Waals surface area contributed by atoms with E-state index in [1.165, 1.54) is 0 Å². The number of hydrogen-bond donors (Lipinski definition) is 1. The summed E-state index contributed by atoms with van der Waals surface area (Å²) in [5.74, 6) is 0. The van der Waals surface area contributed by atoms with E-state index in [0.29, 0.717) is 0 Å². The largest absolute Gasteiger partial charge is 0.227 e. The van der Waals surface area contributed by atoms with Gasteiger partial charge in [-0.15, -0.1) is 4.24 Å². The molecule has 0 unspecified atom stereocenters. The SMILES string of the molecule is O=S(=O)(NCl)C1CC1. The third-order valence-corrected chi connectivity index (χ3v) is 3.28. The predicted molar refractivity (Wildman–Crippen MR) is 30.9 cm³/mol. The molecular weight excluding hydrogens is 150 g/mol. The third-order valence-electron chi connectivity index (χ3n) is 1.07. The Kier molecular flexibility index (Phi) is 1.47. The summed E-state index contributed by atoms with van der Waals surface area (Å²) >= 11 is 4.89. The Hall–Kier alpha value is 0.200. The molecule has 0 spiro atoms. The van der Waals surface area contributed by atoms with Crippen LogP contribution in [-0.2, 0) is 10.0 Å². The molecule has 0 radical (unpaired) electrons. The second kappa shape index (κ2) is 1.86. The standard InChI is InChI=1S/C3H6ClNO2S/c4-5-8(6,7)3-1-2-3/h3,5H,1-2H2. The molecule has 0 aromatic carbocycles. The normalized spacial score (nSPS) is 21.1. The number of hydrogen-bond acceptors (Lipinski definition) is 2. The molecule has 0 amide bonds. The molecule has 1 N–H and O–H groups in total. The fourth-order valence-electron chi connectivity index (χ4n) is 0.441. The molecule has 1 rings (SSSR count). The Bertz CT molecular complexity index is 172. The summed E-state index contributed by atoms with van der Waals surface area (Å²) in [5, 5.41) is -0.208. The second-order valence-corrected chi connectivity index (χ2v) is 4.20. The minimum atomic E-state index is -3.11. The summed E-state index contributed by atoms with van der Waals surface area (Å²) in [6.45, 7) is 0. The number of sulfonamides is 1. The predicted octanol–water partition coefficient (Wildman–Crippen LogP) is 0.222. The zero-order valence-corrected chi connectivity index (χ0v) is 5.67. The summed E-state index contributed by atoms with van der Waals surface area (Å²) in [6.07, 6.45) is 1.50. The maximum Gasteiger partial charge on any atom is 0.227 e. The summed E-state index contributed by atoms with van der Waals surface area (Å²) in [5.41, 5.74) is 0. The van der Waals surface area contributed by atoms with Crippen molar-refractivity contribution in [2.45, 2.75) is 18.1 Å². The summed E-state index contributed by atoms with van der Waals surface area (Å²) < 4.78 is 22.8. The van der Waals surface area contributed by atoms with Gasteiger partial charge in [0, 0.05) is 0 Å². The average molecular weight is 156 g/mol. The van der Waals surface area contributed by atoms with Crippen LogP contribution in [0.3, 0.4) is 0 Å². The fourth-order valence-corrected chi connectivity index (χ4v) is 1.70. The van der Waals surface area contributed by atoms with Gasteiger partial charge in [-0.1, -0.05) is 0 Å². The zero-order valence-electron chi connectivity index (χ0n) is 4.09. The lowest BCUT2D eigenvalue weighted by Gasteiger charge is -1.92.